The molecule has 6 rings (SSSR count). The third-order valence-corrected chi connectivity index (χ3v) is 10.6. The predicted octanol–water partition coefficient (Wildman–Crippen LogP) is 4.42. The quantitative estimate of drug-likeness (QED) is 0.247. The van der Waals surface area contributed by atoms with Crippen LogP contribution in [0, 0.1) is 25.7 Å². The van der Waals surface area contributed by atoms with Crippen LogP contribution in [-0.2, 0) is 28.7 Å². The molecule has 1 spiro atoms. The summed E-state index contributed by atoms with van der Waals surface area (Å²) >= 11 is 3.62. The molecular formula is C37H42BrN3O7. The van der Waals surface area contributed by atoms with E-state index in [9.17, 15) is 19.5 Å². The van der Waals surface area contributed by atoms with Gasteiger partial charge in [-0.25, -0.2) is 0 Å². The number of carbonyl (C=O) groups excluding carboxylic acids is 4. The molecule has 2 N–H and O–H groups in total. The zero-order valence-electron chi connectivity index (χ0n) is 27.3. The second-order valence-corrected chi connectivity index (χ2v) is 13.9. The number of hydrogen-bond acceptors (Lipinski definition) is 7. The fourth-order valence-electron chi connectivity index (χ4n) is 7.67. The molecule has 10 nitrogen and oxygen atoms in total. The Balaban J connectivity index is 1.46. The largest absolute Gasteiger partial charge is 0.455 e. The average Bonchev–Trinajstić information content (AvgIpc) is 3.66. The summed E-state index contributed by atoms with van der Waals surface area (Å²) in [5, 5.41) is 12.3. The summed E-state index contributed by atoms with van der Waals surface area (Å²) in [5.74, 6) is -3.46. The van der Waals surface area contributed by atoms with Crippen molar-refractivity contribution < 1.29 is 33.8 Å². The topological polar surface area (TPSA) is 125 Å². The van der Waals surface area contributed by atoms with Gasteiger partial charge in [-0.15, -0.1) is 0 Å². The van der Waals surface area contributed by atoms with E-state index in [4.69, 9.17) is 9.47 Å². The van der Waals surface area contributed by atoms with Crippen molar-refractivity contribution in [2.75, 3.05) is 31.1 Å². The SMILES string of the molecule is Cc1cccc(C)c1N1C/C=C\CCC(=O)NC[C@H](c2ccccc2)OC(=O)[C@H]2[C@@H]3O[C@@]4(C=C3Br)[C@@H]2C(=O)N(CCCCCO)[C@@H]4C1=O. The van der Waals surface area contributed by atoms with Gasteiger partial charge in [0.15, 0.2) is 0 Å². The molecule has 0 saturated carbocycles. The van der Waals surface area contributed by atoms with E-state index in [1.807, 2.05) is 80.6 Å². The molecule has 0 unspecified atom stereocenters. The fourth-order valence-corrected chi connectivity index (χ4v) is 8.40. The number of likely N-dealkylation sites (tertiary alicyclic amines) is 1. The molecule has 3 amide bonds. The number of para-hydroxylation sites is 1. The van der Waals surface area contributed by atoms with Crippen LogP contribution in [0.4, 0.5) is 5.69 Å². The van der Waals surface area contributed by atoms with Crippen molar-refractivity contribution in [1.29, 1.82) is 0 Å². The van der Waals surface area contributed by atoms with Crippen LogP contribution in [0.2, 0.25) is 0 Å². The number of benzene rings is 2. The van der Waals surface area contributed by atoms with Crippen LogP contribution in [-0.4, -0.2) is 77.7 Å². The van der Waals surface area contributed by atoms with Crippen molar-refractivity contribution in [3.63, 3.8) is 0 Å². The second kappa shape index (κ2) is 14.4. The van der Waals surface area contributed by atoms with E-state index >= 15 is 4.79 Å². The van der Waals surface area contributed by atoms with E-state index in [2.05, 4.69) is 21.2 Å². The maximum atomic E-state index is 15.1. The number of cyclic esters (lactones) is 1. The third kappa shape index (κ3) is 6.23. The normalized spacial score (nSPS) is 29.8. The zero-order chi connectivity index (χ0) is 34.0. The molecule has 4 aliphatic rings. The summed E-state index contributed by atoms with van der Waals surface area (Å²) in [6, 6.07) is 14.0. The highest BCUT2D eigenvalue weighted by atomic mass is 79.9. The van der Waals surface area contributed by atoms with Gasteiger partial charge >= 0.3 is 5.97 Å². The van der Waals surface area contributed by atoms with Crippen LogP contribution in [0.3, 0.4) is 0 Å². The zero-order valence-corrected chi connectivity index (χ0v) is 28.9. The Labute approximate surface area is 289 Å². The van der Waals surface area contributed by atoms with E-state index < -0.39 is 41.7 Å². The molecule has 11 heteroatoms. The number of carbonyl (C=O) groups is 4. The number of aryl methyl sites for hydroxylation is 2. The number of nitrogens with zero attached hydrogens (tertiary/aromatic N) is 2. The van der Waals surface area contributed by atoms with Crippen LogP contribution in [0.25, 0.3) is 0 Å². The maximum Gasteiger partial charge on any atom is 0.313 e. The van der Waals surface area contributed by atoms with Crippen LogP contribution >= 0.6 is 15.9 Å². The van der Waals surface area contributed by atoms with Crippen LogP contribution in [0.5, 0.6) is 0 Å². The molecule has 2 aromatic carbocycles. The lowest BCUT2D eigenvalue weighted by molar-refractivity contribution is -0.159. The molecule has 2 saturated heterocycles. The number of hydrogen-bond donors (Lipinski definition) is 2. The van der Waals surface area contributed by atoms with E-state index in [0.717, 1.165) is 16.8 Å². The first-order chi connectivity index (χ1) is 23.2. The van der Waals surface area contributed by atoms with Crippen molar-refractivity contribution in [2.45, 2.75) is 69.8 Å². The molecule has 6 atom stereocenters. The van der Waals surface area contributed by atoms with Crippen molar-refractivity contribution in [2.24, 2.45) is 11.8 Å². The summed E-state index contributed by atoms with van der Waals surface area (Å²) in [6.45, 7) is 4.48. The highest BCUT2D eigenvalue weighted by Crippen LogP contribution is 2.59. The molecule has 48 heavy (non-hydrogen) atoms. The number of ether oxygens (including phenoxy) is 2. The number of aliphatic hydroxyl groups excluding tert-OH is 1. The molecule has 2 fully saturated rings. The van der Waals surface area contributed by atoms with Gasteiger partial charge in [0.25, 0.3) is 5.91 Å². The number of rotatable bonds is 7. The number of nitrogens with one attached hydrogen (secondary N) is 1. The van der Waals surface area contributed by atoms with Gasteiger partial charge in [-0.05, 0) is 62.3 Å². The average molecular weight is 721 g/mol. The van der Waals surface area contributed by atoms with Crippen molar-refractivity contribution in [3.05, 3.63) is 87.9 Å². The Morgan fingerprint density at radius 3 is 2.44 bits per heavy atom. The summed E-state index contributed by atoms with van der Waals surface area (Å²) in [5.41, 5.74) is 1.85. The molecular weight excluding hydrogens is 678 g/mol. The lowest BCUT2D eigenvalue weighted by Gasteiger charge is -2.36. The van der Waals surface area contributed by atoms with Gasteiger partial charge < -0.3 is 29.7 Å². The predicted molar refractivity (Wildman–Crippen MR) is 183 cm³/mol. The van der Waals surface area contributed by atoms with Crippen molar-refractivity contribution in [3.8, 4) is 0 Å². The van der Waals surface area contributed by atoms with Gasteiger partial charge in [0.2, 0.25) is 11.8 Å². The highest BCUT2D eigenvalue weighted by molar-refractivity contribution is 9.11. The molecule has 0 radical (unpaired) electrons. The Morgan fingerprint density at radius 2 is 1.71 bits per heavy atom. The van der Waals surface area contributed by atoms with Gasteiger partial charge in [0.05, 0.1) is 12.5 Å². The van der Waals surface area contributed by atoms with Gasteiger partial charge in [-0.3, -0.25) is 19.2 Å². The summed E-state index contributed by atoms with van der Waals surface area (Å²) in [4.78, 5) is 60.0. The number of fused-ring (bicyclic) bond motifs is 2. The first kappa shape index (κ1) is 34.1. The Morgan fingerprint density at radius 1 is 0.958 bits per heavy atom. The summed E-state index contributed by atoms with van der Waals surface area (Å²) in [6.07, 6.45) is 6.46. The minimum atomic E-state index is -1.40. The molecule has 4 heterocycles. The summed E-state index contributed by atoms with van der Waals surface area (Å²) in [7, 11) is 0. The molecule has 0 aromatic heterocycles. The third-order valence-electron chi connectivity index (χ3n) is 9.87. The van der Waals surface area contributed by atoms with Crippen molar-refractivity contribution in [1.82, 2.24) is 10.2 Å². The smallest absolute Gasteiger partial charge is 0.313 e. The number of aliphatic hydroxyl groups is 1. The van der Waals surface area contributed by atoms with Gasteiger partial charge in [0, 0.05) is 36.3 Å². The monoisotopic (exact) mass is 719 g/mol. The first-order valence-electron chi connectivity index (χ1n) is 16.7. The summed E-state index contributed by atoms with van der Waals surface area (Å²) < 4.78 is 13.4. The number of amides is 3. The minimum Gasteiger partial charge on any atom is -0.455 e. The number of unbranched alkanes of at least 4 members (excludes halogenated alkanes) is 2. The van der Waals surface area contributed by atoms with E-state index in [1.165, 1.54) is 0 Å². The lowest BCUT2D eigenvalue weighted by atomic mass is 9.74. The number of esters is 1. The van der Waals surface area contributed by atoms with Crippen LogP contribution in [0.15, 0.2) is 71.2 Å². The number of halogens is 1. The molecule has 5 bridgehead atoms. The minimum absolute atomic E-state index is 0.0347. The molecule has 0 aliphatic carbocycles. The van der Waals surface area contributed by atoms with Crippen molar-refractivity contribution >= 4 is 45.3 Å². The Hall–Kier alpha value is -3.80. The number of anilines is 1. The van der Waals surface area contributed by atoms with Gasteiger partial charge in [-0.1, -0.05) is 76.6 Å². The van der Waals surface area contributed by atoms with E-state index in [0.29, 0.717) is 35.7 Å². The molecule has 4 aliphatic heterocycles. The Bertz CT molecular complexity index is 1610. The van der Waals surface area contributed by atoms with Gasteiger partial charge in [0.1, 0.15) is 29.8 Å². The van der Waals surface area contributed by atoms with Crippen LogP contribution in [0.1, 0.15) is 54.9 Å². The van der Waals surface area contributed by atoms with Gasteiger partial charge in [-0.2, -0.15) is 0 Å². The molecule has 254 valence electrons. The van der Waals surface area contributed by atoms with Crippen LogP contribution < -0.4 is 10.2 Å². The molecule has 2 aromatic rings. The Kier molecular flexibility index (Phi) is 10.2. The second-order valence-electron chi connectivity index (χ2n) is 13.0. The van der Waals surface area contributed by atoms with E-state index in [-0.39, 0.29) is 50.4 Å². The van der Waals surface area contributed by atoms with E-state index in [1.54, 1.807) is 9.80 Å². The lowest BCUT2D eigenvalue weighted by Crippen LogP contribution is -2.56. The maximum absolute atomic E-state index is 15.1. The standard InChI is InChI=1S/C37H42BrN3O7/c1-23-13-12-14-24(2)31(23)40-18-9-4-8-17-28(43)39-22-27(25-15-6-3-7-16-25)47-36(46)29-30-34(44)41(19-10-5-11-20-42)33(35(40)45)37(30)21-26(38)32(29)48-37/h3-4,6-7,9,12-16,21,27,29-30,32-33,42H,5,8,10-11,17-20,22H2,1-2H3,(H,39,43)/b9-4-/t27-,29-,30+,32-,33-,37+/m1/s1. The highest BCUT2D eigenvalue weighted by Gasteiger charge is 2.75. The fraction of sp³-hybridized carbons (Fsp3) is 0.459. The number of allylic oxidation sites excluding steroid dienone is 1. The first-order valence-corrected chi connectivity index (χ1v) is 17.5.